The van der Waals surface area contributed by atoms with Crippen molar-refractivity contribution in [1.82, 2.24) is 0 Å². The summed E-state index contributed by atoms with van der Waals surface area (Å²) in [6.45, 7) is 2.87. The Labute approximate surface area is 111 Å². The van der Waals surface area contributed by atoms with Crippen LogP contribution >= 0.6 is 0 Å². The molecule has 0 radical (unpaired) electrons. The summed E-state index contributed by atoms with van der Waals surface area (Å²) < 4.78 is 4.77. The number of benzene rings is 1. The largest absolute Gasteiger partial charge is 1.00 e. The molecule has 0 bridgehead atoms. The molecule has 1 amide bonds. The van der Waals surface area contributed by atoms with Gasteiger partial charge in [0.05, 0.1) is 6.61 Å². The van der Waals surface area contributed by atoms with Crippen molar-refractivity contribution in [3.8, 4) is 0 Å². The number of quaternary nitrogens is 1. The first kappa shape index (κ1) is 17.0. The van der Waals surface area contributed by atoms with E-state index in [-0.39, 0.29) is 40.1 Å². The highest BCUT2D eigenvalue weighted by atomic mass is 79.9. The molecule has 0 fully saturated rings. The lowest BCUT2D eigenvalue weighted by molar-refractivity contribution is -0.586. The summed E-state index contributed by atoms with van der Waals surface area (Å²) >= 11 is 0. The van der Waals surface area contributed by atoms with Crippen LogP contribution in [0.4, 0.5) is 4.79 Å². The zero-order valence-electron chi connectivity index (χ0n) is 8.45. The molecule has 0 spiro atoms. The van der Waals surface area contributed by atoms with Crippen molar-refractivity contribution in [2.45, 2.75) is 13.5 Å². The molecule has 0 aromatic heterocycles. The van der Waals surface area contributed by atoms with Crippen molar-refractivity contribution >= 4 is 6.09 Å². The second-order valence-electron chi connectivity index (χ2n) is 2.65. The molecular weight excluding hydrogens is 326 g/mol. The summed E-state index contributed by atoms with van der Waals surface area (Å²) in [7, 11) is 0. The summed E-state index contributed by atoms with van der Waals surface area (Å²) in [5, 5.41) is 1.55. The van der Waals surface area contributed by atoms with Crippen LogP contribution in [0.1, 0.15) is 12.5 Å². The van der Waals surface area contributed by atoms with Crippen LogP contribution < -0.4 is 39.3 Å². The number of nitrogens with two attached hydrogens (primary N) is 1. The fraction of sp³-hybridized carbons (Fsp3) is 0.300. The smallest absolute Gasteiger partial charge is 0.512 e. The van der Waals surface area contributed by atoms with Gasteiger partial charge in [0.15, 0.2) is 0 Å². The minimum absolute atomic E-state index is 0. The van der Waals surface area contributed by atoms with Gasteiger partial charge in [-0.15, -0.1) is 0 Å². The number of hydrogen-bond acceptors (Lipinski definition) is 2. The van der Waals surface area contributed by atoms with Crippen molar-refractivity contribution in [2.24, 2.45) is 0 Å². The van der Waals surface area contributed by atoms with Gasteiger partial charge in [0.25, 0.3) is 0 Å². The summed E-state index contributed by atoms with van der Waals surface area (Å²) in [5.41, 5.74) is 1.12. The Morgan fingerprint density at radius 3 is 2.40 bits per heavy atom. The third-order valence-electron chi connectivity index (χ3n) is 1.63. The van der Waals surface area contributed by atoms with Crippen LogP contribution in [-0.2, 0) is 11.3 Å². The van der Waals surface area contributed by atoms with Crippen molar-refractivity contribution in [2.75, 3.05) is 6.61 Å². The number of carbonyl (C=O) groups is 1. The Hall–Kier alpha value is -0.390. The maximum Gasteiger partial charge on any atom is 0.512 e. The summed E-state index contributed by atoms with van der Waals surface area (Å²) in [6, 6.07) is 9.82. The van der Waals surface area contributed by atoms with Gasteiger partial charge < -0.3 is 38.7 Å². The van der Waals surface area contributed by atoms with E-state index in [0.29, 0.717) is 13.2 Å². The molecule has 1 aromatic carbocycles. The van der Waals surface area contributed by atoms with Crippen LogP contribution in [0.15, 0.2) is 30.3 Å². The van der Waals surface area contributed by atoms with Crippen LogP contribution in [0.3, 0.4) is 0 Å². The van der Waals surface area contributed by atoms with E-state index in [4.69, 9.17) is 4.74 Å². The van der Waals surface area contributed by atoms with Crippen LogP contribution in [0.2, 0.25) is 0 Å². The third-order valence-corrected chi connectivity index (χ3v) is 1.63. The van der Waals surface area contributed by atoms with E-state index in [0.717, 1.165) is 5.56 Å². The van der Waals surface area contributed by atoms with Crippen LogP contribution in [-0.4, -0.2) is 12.7 Å². The normalized spacial score (nSPS) is 8.33. The molecule has 1 rings (SSSR count). The maximum absolute atomic E-state index is 10.9. The van der Waals surface area contributed by atoms with Crippen LogP contribution in [0.25, 0.3) is 0 Å². The molecule has 15 heavy (non-hydrogen) atoms. The molecule has 3 nitrogen and oxygen atoms in total. The van der Waals surface area contributed by atoms with E-state index in [1.807, 2.05) is 30.3 Å². The molecule has 0 atom stereocenters. The summed E-state index contributed by atoms with van der Waals surface area (Å²) in [6.07, 6.45) is -0.244. The van der Waals surface area contributed by atoms with Gasteiger partial charge >= 0.3 is 6.09 Å². The monoisotopic (exact) mass is 338 g/mol. The number of amides is 1. The van der Waals surface area contributed by atoms with E-state index in [2.05, 4.69) is 0 Å². The Morgan fingerprint density at radius 1 is 1.27 bits per heavy atom. The number of rotatable bonds is 3. The van der Waals surface area contributed by atoms with E-state index in [1.54, 1.807) is 12.2 Å². The summed E-state index contributed by atoms with van der Waals surface area (Å²) in [4.78, 5) is 10.9. The minimum Gasteiger partial charge on any atom is -1.00 e. The molecule has 86 valence electrons. The van der Waals surface area contributed by atoms with Crippen molar-refractivity contribution < 1.29 is 48.8 Å². The number of hydrogen-bond donors (Lipinski definition) is 1. The van der Waals surface area contributed by atoms with Gasteiger partial charge in [0.1, 0.15) is 6.54 Å². The van der Waals surface area contributed by atoms with Gasteiger partial charge in [-0.3, -0.25) is 0 Å². The van der Waals surface area contributed by atoms with E-state index >= 15 is 0 Å². The zero-order valence-corrected chi connectivity index (χ0v) is 11.6. The standard InChI is InChI=1S/C10H13NO2.2BrH/c1-2-13-10(12)11-8-9-6-4-3-5-7-9;;/h3-7H,2,8H2,1H3,(H,11,12);2*1H/p-1. The molecule has 0 saturated carbocycles. The molecule has 0 heterocycles. The Kier molecular flexibility index (Phi) is 11.5. The molecular formula is C10H14Br2NO2-. The Bertz CT molecular complexity index is 267. The first-order valence-corrected chi connectivity index (χ1v) is 4.37. The maximum atomic E-state index is 10.9. The molecule has 0 aliphatic rings. The topological polar surface area (TPSA) is 42.9 Å². The van der Waals surface area contributed by atoms with Crippen LogP contribution in [0, 0.1) is 0 Å². The van der Waals surface area contributed by atoms with Gasteiger partial charge in [-0.2, -0.15) is 4.79 Å². The minimum atomic E-state index is -0.244. The van der Waals surface area contributed by atoms with Gasteiger partial charge in [0.2, 0.25) is 0 Å². The first-order chi connectivity index (χ1) is 6.33. The third kappa shape index (κ3) is 7.53. The molecule has 5 heteroatoms. The molecule has 0 saturated heterocycles. The fourth-order valence-corrected chi connectivity index (χ4v) is 1.02. The highest BCUT2D eigenvalue weighted by Gasteiger charge is 2.04. The van der Waals surface area contributed by atoms with Crippen molar-refractivity contribution in [1.29, 1.82) is 0 Å². The lowest BCUT2D eigenvalue weighted by atomic mass is 10.2. The quantitative estimate of drug-likeness (QED) is 0.599. The molecule has 0 aliphatic carbocycles. The lowest BCUT2D eigenvalue weighted by Gasteiger charge is -1.99. The second-order valence-corrected chi connectivity index (χ2v) is 2.65. The Morgan fingerprint density at radius 2 is 1.87 bits per heavy atom. The number of carbonyl (C=O) groups excluding carboxylic acids is 1. The Balaban J connectivity index is 0. The molecule has 0 unspecified atom stereocenters. The number of ether oxygens (including phenoxy) is 1. The van der Waals surface area contributed by atoms with Crippen LogP contribution in [0.5, 0.6) is 0 Å². The van der Waals surface area contributed by atoms with Gasteiger partial charge in [-0.1, -0.05) is 30.3 Å². The predicted molar refractivity (Wildman–Crippen MR) is 49.1 cm³/mol. The SMILES string of the molecule is CCOC(=O)[NH2+]Cc1ccccc1.[Br-].[Br-]. The first-order valence-electron chi connectivity index (χ1n) is 4.37. The highest BCUT2D eigenvalue weighted by Crippen LogP contribution is 1.94. The van der Waals surface area contributed by atoms with Crippen molar-refractivity contribution in [3.63, 3.8) is 0 Å². The predicted octanol–water partition coefficient (Wildman–Crippen LogP) is -5.09. The molecule has 1 aromatic rings. The zero-order chi connectivity index (χ0) is 9.52. The van der Waals surface area contributed by atoms with Crippen molar-refractivity contribution in [3.05, 3.63) is 35.9 Å². The lowest BCUT2D eigenvalue weighted by Crippen LogP contribution is -3.00. The molecule has 2 N–H and O–H groups in total. The number of halogens is 2. The highest BCUT2D eigenvalue weighted by molar-refractivity contribution is 5.55. The average molecular weight is 340 g/mol. The molecule has 0 aliphatic heterocycles. The average Bonchev–Trinajstić information content (AvgIpc) is 2.17. The second kappa shape index (κ2) is 10.1. The van der Waals surface area contributed by atoms with E-state index < -0.39 is 0 Å². The van der Waals surface area contributed by atoms with E-state index in [9.17, 15) is 4.79 Å². The number of primary amides is 1. The fourth-order valence-electron chi connectivity index (χ4n) is 1.02. The van der Waals surface area contributed by atoms with Gasteiger partial charge in [-0.25, -0.2) is 5.32 Å². The van der Waals surface area contributed by atoms with Gasteiger partial charge in [0, 0.05) is 5.56 Å². The van der Waals surface area contributed by atoms with E-state index in [1.165, 1.54) is 0 Å². The summed E-state index contributed by atoms with van der Waals surface area (Å²) in [5.74, 6) is 0. The van der Waals surface area contributed by atoms with Gasteiger partial charge in [-0.05, 0) is 6.92 Å².